The Bertz CT molecular complexity index is 161. The van der Waals surface area contributed by atoms with Crippen molar-refractivity contribution >= 4 is 6.34 Å². The summed E-state index contributed by atoms with van der Waals surface area (Å²) < 4.78 is 0. The van der Waals surface area contributed by atoms with Crippen molar-refractivity contribution in [3.63, 3.8) is 0 Å². The molecule has 0 aromatic rings. The molecule has 0 bridgehead atoms. The molecule has 1 unspecified atom stereocenters. The van der Waals surface area contributed by atoms with E-state index in [1.807, 2.05) is 6.34 Å². The van der Waals surface area contributed by atoms with Gasteiger partial charge in [0.15, 0.2) is 0 Å². The van der Waals surface area contributed by atoms with Gasteiger partial charge in [-0.3, -0.25) is 4.99 Å². The number of hydrogen-bond acceptors (Lipinski definition) is 1. The van der Waals surface area contributed by atoms with Crippen LogP contribution in [-0.2, 0) is 0 Å². The molecule has 0 spiro atoms. The van der Waals surface area contributed by atoms with Gasteiger partial charge in [0, 0.05) is 20.1 Å². The van der Waals surface area contributed by atoms with E-state index >= 15 is 0 Å². The number of hydrogen-bond donors (Lipinski definition) is 0. The third-order valence-electron chi connectivity index (χ3n) is 2.05. The van der Waals surface area contributed by atoms with Gasteiger partial charge in [-0.25, -0.2) is 0 Å². The molecule has 0 aliphatic heterocycles. The number of unbranched alkanes of at least 4 members (excludes halogenated alkanes) is 1. The Kier molecular flexibility index (Phi) is 7.36. The monoisotopic (exact) mass is 182 g/mol. The van der Waals surface area contributed by atoms with Gasteiger partial charge in [-0.1, -0.05) is 32.4 Å². The third kappa shape index (κ3) is 5.45. The fraction of sp³-hybridized carbons (Fsp3) is 0.727. The van der Waals surface area contributed by atoms with Crippen LogP contribution in [0.5, 0.6) is 0 Å². The zero-order valence-electron chi connectivity index (χ0n) is 9.33. The van der Waals surface area contributed by atoms with Gasteiger partial charge in [0.2, 0.25) is 0 Å². The van der Waals surface area contributed by atoms with Gasteiger partial charge < -0.3 is 4.90 Å². The number of allylic oxidation sites excluding steroid dienone is 1. The first-order valence-corrected chi connectivity index (χ1v) is 5.07. The fourth-order valence-electron chi connectivity index (χ4n) is 1.25. The summed E-state index contributed by atoms with van der Waals surface area (Å²) in [5.74, 6) is 0. The van der Waals surface area contributed by atoms with E-state index in [4.69, 9.17) is 0 Å². The molecule has 2 nitrogen and oxygen atoms in total. The minimum absolute atomic E-state index is 0.496. The van der Waals surface area contributed by atoms with Gasteiger partial charge in [-0.15, -0.1) is 0 Å². The van der Waals surface area contributed by atoms with Crippen LogP contribution in [0.1, 0.15) is 33.1 Å². The Morgan fingerprint density at radius 2 is 2.08 bits per heavy atom. The highest BCUT2D eigenvalue weighted by Gasteiger charge is 2.03. The fourth-order valence-corrected chi connectivity index (χ4v) is 1.25. The molecule has 0 aliphatic carbocycles. The van der Waals surface area contributed by atoms with Gasteiger partial charge >= 0.3 is 0 Å². The average Bonchev–Trinajstić information content (AvgIpc) is 2.13. The molecule has 1 atom stereocenters. The van der Waals surface area contributed by atoms with Crippen molar-refractivity contribution in [2.24, 2.45) is 4.99 Å². The molecule has 76 valence electrons. The normalized spacial score (nSPS) is 14.2. The maximum absolute atomic E-state index is 4.00. The minimum atomic E-state index is 0.496. The Morgan fingerprint density at radius 1 is 1.38 bits per heavy atom. The van der Waals surface area contributed by atoms with Crippen molar-refractivity contribution in [2.45, 2.75) is 39.2 Å². The Labute approximate surface area is 82.4 Å². The van der Waals surface area contributed by atoms with Crippen LogP contribution >= 0.6 is 0 Å². The van der Waals surface area contributed by atoms with Gasteiger partial charge in [-0.05, 0) is 12.8 Å². The molecule has 0 saturated heterocycles. The molecule has 13 heavy (non-hydrogen) atoms. The van der Waals surface area contributed by atoms with E-state index in [0.29, 0.717) is 6.04 Å². The predicted octanol–water partition coefficient (Wildman–Crippen LogP) is 2.71. The maximum atomic E-state index is 4.00. The summed E-state index contributed by atoms with van der Waals surface area (Å²) in [7, 11) is 3.87. The smallest absolute Gasteiger partial charge is 0.0848 e. The Balaban J connectivity index is 4.00. The van der Waals surface area contributed by atoms with E-state index in [9.17, 15) is 0 Å². The average molecular weight is 182 g/mol. The van der Waals surface area contributed by atoms with Gasteiger partial charge in [-0.2, -0.15) is 0 Å². The summed E-state index contributed by atoms with van der Waals surface area (Å²) in [5.41, 5.74) is 0. The second-order valence-electron chi connectivity index (χ2n) is 3.23. The molecule has 0 radical (unpaired) electrons. The predicted molar refractivity (Wildman–Crippen MR) is 60.3 cm³/mol. The zero-order chi connectivity index (χ0) is 10.1. The molecule has 0 amide bonds. The highest BCUT2D eigenvalue weighted by atomic mass is 15.1. The van der Waals surface area contributed by atoms with Crippen molar-refractivity contribution < 1.29 is 0 Å². The van der Waals surface area contributed by atoms with Crippen LogP contribution in [-0.4, -0.2) is 31.4 Å². The van der Waals surface area contributed by atoms with Gasteiger partial charge in [0.05, 0.1) is 6.34 Å². The van der Waals surface area contributed by atoms with Crippen LogP contribution < -0.4 is 0 Å². The van der Waals surface area contributed by atoms with Crippen molar-refractivity contribution in [3.05, 3.63) is 12.2 Å². The van der Waals surface area contributed by atoms with Gasteiger partial charge in [0.1, 0.15) is 0 Å². The number of nitrogens with zero attached hydrogens (tertiary/aromatic N) is 2. The first kappa shape index (κ1) is 12.2. The molecule has 0 rings (SSSR count). The molecule has 0 saturated carbocycles. The highest BCUT2D eigenvalue weighted by molar-refractivity contribution is 5.55. The van der Waals surface area contributed by atoms with E-state index < -0.39 is 0 Å². The first-order valence-electron chi connectivity index (χ1n) is 5.07. The molecule has 0 aromatic heterocycles. The van der Waals surface area contributed by atoms with Crippen LogP contribution in [0.25, 0.3) is 0 Å². The number of likely N-dealkylation sites (N-methyl/N-ethyl adjacent to an activating group) is 1. The molecule has 0 aromatic carbocycles. The highest BCUT2D eigenvalue weighted by Crippen LogP contribution is 2.02. The lowest BCUT2D eigenvalue weighted by atomic mass is 10.1. The zero-order valence-corrected chi connectivity index (χ0v) is 9.33. The summed E-state index contributed by atoms with van der Waals surface area (Å²) in [6.45, 7) is 4.39. The molecular formula is C11H22N2. The molecule has 0 aliphatic rings. The lowest BCUT2D eigenvalue weighted by Crippen LogP contribution is -2.27. The van der Waals surface area contributed by atoms with E-state index in [2.05, 4.69) is 42.9 Å². The standard InChI is InChI=1S/C11H22N2/c1-5-7-8-9-11(6-2)13(4)10-12-3/h8-11H,5-7H2,1-4H3/b9-8+,12-10?. The SMILES string of the molecule is CCC/C=C/C(CC)N(C)C=NC. The van der Waals surface area contributed by atoms with Gasteiger partial charge in [0.25, 0.3) is 0 Å². The van der Waals surface area contributed by atoms with Crippen LogP contribution in [0.15, 0.2) is 17.1 Å². The first-order chi connectivity index (χ1) is 6.26. The molecule has 0 heterocycles. The summed E-state index contributed by atoms with van der Waals surface area (Å²) in [6.07, 6.45) is 9.93. The molecular weight excluding hydrogens is 160 g/mol. The van der Waals surface area contributed by atoms with Crippen LogP contribution in [0.2, 0.25) is 0 Å². The topological polar surface area (TPSA) is 15.6 Å². The number of aliphatic imine (C=N–C) groups is 1. The molecule has 0 N–H and O–H groups in total. The van der Waals surface area contributed by atoms with Crippen LogP contribution in [0, 0.1) is 0 Å². The molecule has 2 heteroatoms. The quantitative estimate of drug-likeness (QED) is 0.350. The Hall–Kier alpha value is -0.790. The van der Waals surface area contributed by atoms with E-state index in [0.717, 1.165) is 6.42 Å². The van der Waals surface area contributed by atoms with Crippen LogP contribution in [0.4, 0.5) is 0 Å². The number of rotatable bonds is 6. The van der Waals surface area contributed by atoms with Crippen molar-refractivity contribution in [1.29, 1.82) is 0 Å². The van der Waals surface area contributed by atoms with E-state index in [1.54, 1.807) is 7.05 Å². The minimum Gasteiger partial charge on any atom is -0.360 e. The summed E-state index contributed by atoms with van der Waals surface area (Å²) >= 11 is 0. The second-order valence-corrected chi connectivity index (χ2v) is 3.23. The second kappa shape index (κ2) is 7.84. The molecule has 0 fully saturated rings. The van der Waals surface area contributed by atoms with Crippen LogP contribution in [0.3, 0.4) is 0 Å². The van der Waals surface area contributed by atoms with E-state index in [-0.39, 0.29) is 0 Å². The Morgan fingerprint density at radius 3 is 2.54 bits per heavy atom. The van der Waals surface area contributed by atoms with Crippen molar-refractivity contribution in [3.8, 4) is 0 Å². The lowest BCUT2D eigenvalue weighted by Gasteiger charge is -2.21. The largest absolute Gasteiger partial charge is 0.360 e. The van der Waals surface area contributed by atoms with E-state index in [1.165, 1.54) is 12.8 Å². The summed E-state index contributed by atoms with van der Waals surface area (Å²) in [6, 6.07) is 0.496. The van der Waals surface area contributed by atoms with Crippen molar-refractivity contribution in [1.82, 2.24) is 4.90 Å². The maximum Gasteiger partial charge on any atom is 0.0848 e. The summed E-state index contributed by atoms with van der Waals surface area (Å²) in [4.78, 5) is 6.14. The summed E-state index contributed by atoms with van der Waals surface area (Å²) in [5, 5.41) is 0. The van der Waals surface area contributed by atoms with Crippen molar-refractivity contribution in [2.75, 3.05) is 14.1 Å². The third-order valence-corrected chi connectivity index (χ3v) is 2.05. The lowest BCUT2D eigenvalue weighted by molar-refractivity contribution is 0.426.